The Bertz CT molecular complexity index is 698. The van der Waals surface area contributed by atoms with Gasteiger partial charge in [-0.05, 0) is 24.6 Å². The Hall–Kier alpha value is -2.45. The molecule has 2 aliphatic heterocycles. The molecular formula is C18H24N4O4. The number of aryl methyl sites for hydroxylation is 1. The second kappa shape index (κ2) is 8.77. The van der Waals surface area contributed by atoms with Gasteiger partial charge in [0.25, 0.3) is 5.91 Å². The van der Waals surface area contributed by atoms with E-state index < -0.39 is 0 Å². The molecule has 26 heavy (non-hydrogen) atoms. The van der Waals surface area contributed by atoms with Gasteiger partial charge in [0, 0.05) is 32.5 Å². The molecule has 8 heteroatoms. The Kier molecular flexibility index (Phi) is 6.19. The standard InChI is InChI=1S/C18H24N4O4/c1-13-2-4-16(26-11-8-22-6-9-25-10-7-22)15(12-13)19-18(24)14-3-5-17(23)21-20-14/h2,4,12H,3,5-11H2,1H3,(H,19,24)(H,21,23). The van der Waals surface area contributed by atoms with E-state index in [1.54, 1.807) is 0 Å². The summed E-state index contributed by atoms with van der Waals surface area (Å²) in [5.74, 6) is 0.121. The van der Waals surface area contributed by atoms with Crippen molar-refractivity contribution < 1.29 is 19.1 Å². The van der Waals surface area contributed by atoms with Crippen LogP contribution in [-0.2, 0) is 14.3 Å². The van der Waals surface area contributed by atoms with Crippen molar-refractivity contribution in [3.8, 4) is 5.75 Å². The van der Waals surface area contributed by atoms with Gasteiger partial charge in [0.2, 0.25) is 5.91 Å². The molecule has 8 nitrogen and oxygen atoms in total. The maximum atomic E-state index is 12.4. The zero-order valence-electron chi connectivity index (χ0n) is 14.9. The highest BCUT2D eigenvalue weighted by Crippen LogP contribution is 2.26. The molecule has 0 unspecified atom stereocenters. The molecule has 0 radical (unpaired) electrons. The number of rotatable bonds is 6. The number of anilines is 1. The second-order valence-electron chi connectivity index (χ2n) is 6.35. The topological polar surface area (TPSA) is 92.3 Å². The summed E-state index contributed by atoms with van der Waals surface area (Å²) in [7, 11) is 0. The molecule has 2 N–H and O–H groups in total. The maximum Gasteiger partial charge on any atom is 0.271 e. The third kappa shape index (κ3) is 5.03. The van der Waals surface area contributed by atoms with Crippen molar-refractivity contribution in [2.45, 2.75) is 19.8 Å². The van der Waals surface area contributed by atoms with Crippen LogP contribution in [0.1, 0.15) is 18.4 Å². The number of carbonyl (C=O) groups is 2. The number of morpholine rings is 1. The minimum Gasteiger partial charge on any atom is -0.490 e. The number of hydrazone groups is 1. The Balaban J connectivity index is 1.60. The summed E-state index contributed by atoms with van der Waals surface area (Å²) in [6, 6.07) is 5.66. The first kappa shape index (κ1) is 18.3. The first-order valence-corrected chi connectivity index (χ1v) is 8.82. The fraction of sp³-hybridized carbons (Fsp3) is 0.500. The molecule has 3 rings (SSSR count). The third-order valence-corrected chi connectivity index (χ3v) is 4.32. The molecule has 1 fully saturated rings. The maximum absolute atomic E-state index is 12.4. The normalized spacial score (nSPS) is 18.0. The molecule has 0 aromatic heterocycles. The minimum absolute atomic E-state index is 0.177. The summed E-state index contributed by atoms with van der Waals surface area (Å²) in [6.45, 7) is 6.62. The fourth-order valence-electron chi connectivity index (χ4n) is 2.81. The molecule has 0 atom stereocenters. The zero-order valence-corrected chi connectivity index (χ0v) is 14.9. The van der Waals surface area contributed by atoms with Crippen LogP contribution in [0.15, 0.2) is 23.3 Å². The third-order valence-electron chi connectivity index (χ3n) is 4.32. The molecule has 0 aliphatic carbocycles. The molecule has 0 spiro atoms. The number of amides is 2. The van der Waals surface area contributed by atoms with E-state index in [0.717, 1.165) is 38.4 Å². The first-order valence-electron chi connectivity index (χ1n) is 8.82. The van der Waals surface area contributed by atoms with Gasteiger partial charge in [0.15, 0.2) is 0 Å². The van der Waals surface area contributed by atoms with Gasteiger partial charge in [-0.2, -0.15) is 5.10 Å². The molecule has 0 saturated carbocycles. The molecule has 1 saturated heterocycles. The average Bonchev–Trinajstić information content (AvgIpc) is 2.65. The van der Waals surface area contributed by atoms with Gasteiger partial charge >= 0.3 is 0 Å². The highest BCUT2D eigenvalue weighted by molar-refractivity contribution is 6.43. The number of benzene rings is 1. The van der Waals surface area contributed by atoms with Crippen molar-refractivity contribution in [3.05, 3.63) is 23.8 Å². The molecule has 1 aromatic rings. The van der Waals surface area contributed by atoms with Crippen LogP contribution < -0.4 is 15.5 Å². The predicted octanol–water partition coefficient (Wildman–Crippen LogP) is 0.911. The summed E-state index contributed by atoms with van der Waals surface area (Å²) in [6.07, 6.45) is 0.597. The number of carbonyl (C=O) groups excluding carboxylic acids is 2. The Labute approximate surface area is 152 Å². The van der Waals surface area contributed by atoms with Gasteiger partial charge in [-0.25, -0.2) is 5.43 Å². The van der Waals surface area contributed by atoms with Crippen LogP contribution in [0.2, 0.25) is 0 Å². The van der Waals surface area contributed by atoms with E-state index in [1.165, 1.54) is 0 Å². The van der Waals surface area contributed by atoms with Gasteiger partial charge in [-0.1, -0.05) is 6.07 Å². The van der Waals surface area contributed by atoms with Crippen molar-refractivity contribution in [1.82, 2.24) is 10.3 Å². The van der Waals surface area contributed by atoms with Crippen LogP contribution in [0.4, 0.5) is 5.69 Å². The number of ether oxygens (including phenoxy) is 2. The lowest BCUT2D eigenvalue weighted by atomic mass is 10.1. The molecule has 0 bridgehead atoms. The van der Waals surface area contributed by atoms with E-state index in [2.05, 4.69) is 20.7 Å². The largest absolute Gasteiger partial charge is 0.490 e. The monoisotopic (exact) mass is 360 g/mol. The molecule has 2 amide bonds. The summed E-state index contributed by atoms with van der Waals surface area (Å²) < 4.78 is 11.2. The van der Waals surface area contributed by atoms with E-state index in [0.29, 0.717) is 30.2 Å². The van der Waals surface area contributed by atoms with Gasteiger partial charge < -0.3 is 14.8 Å². The van der Waals surface area contributed by atoms with Crippen LogP contribution in [-0.4, -0.2) is 61.9 Å². The smallest absolute Gasteiger partial charge is 0.271 e. The zero-order chi connectivity index (χ0) is 18.4. The summed E-state index contributed by atoms with van der Waals surface area (Å²) in [4.78, 5) is 25.8. The number of hydrogen-bond acceptors (Lipinski definition) is 6. The fourth-order valence-corrected chi connectivity index (χ4v) is 2.81. The van der Waals surface area contributed by atoms with Crippen molar-refractivity contribution in [1.29, 1.82) is 0 Å². The van der Waals surface area contributed by atoms with Gasteiger partial charge in [0.05, 0.1) is 18.9 Å². The predicted molar refractivity (Wildman–Crippen MR) is 97.4 cm³/mol. The Morgan fingerprint density at radius 2 is 2.15 bits per heavy atom. The number of nitrogens with zero attached hydrogens (tertiary/aromatic N) is 2. The van der Waals surface area contributed by atoms with Crippen LogP contribution in [0.25, 0.3) is 0 Å². The molecule has 140 valence electrons. The van der Waals surface area contributed by atoms with E-state index >= 15 is 0 Å². The average molecular weight is 360 g/mol. The quantitative estimate of drug-likeness (QED) is 0.787. The summed E-state index contributed by atoms with van der Waals surface area (Å²) in [5.41, 5.74) is 4.27. The van der Waals surface area contributed by atoms with Crippen LogP contribution in [0, 0.1) is 6.92 Å². The van der Waals surface area contributed by atoms with E-state index in [-0.39, 0.29) is 18.2 Å². The lowest BCUT2D eigenvalue weighted by Gasteiger charge is -2.26. The van der Waals surface area contributed by atoms with Crippen molar-refractivity contribution in [2.75, 3.05) is 44.8 Å². The highest BCUT2D eigenvalue weighted by Gasteiger charge is 2.19. The van der Waals surface area contributed by atoms with Crippen LogP contribution >= 0.6 is 0 Å². The van der Waals surface area contributed by atoms with Crippen LogP contribution in [0.3, 0.4) is 0 Å². The summed E-state index contributed by atoms with van der Waals surface area (Å²) >= 11 is 0. The lowest BCUT2D eigenvalue weighted by Crippen LogP contribution is -2.38. The van der Waals surface area contributed by atoms with Crippen molar-refractivity contribution in [3.63, 3.8) is 0 Å². The van der Waals surface area contributed by atoms with E-state index in [4.69, 9.17) is 9.47 Å². The second-order valence-corrected chi connectivity index (χ2v) is 6.35. The number of hydrogen-bond donors (Lipinski definition) is 2. The molecule has 2 heterocycles. The minimum atomic E-state index is -0.325. The van der Waals surface area contributed by atoms with E-state index in [1.807, 2.05) is 25.1 Å². The lowest BCUT2D eigenvalue weighted by molar-refractivity contribution is -0.121. The van der Waals surface area contributed by atoms with Crippen molar-refractivity contribution >= 4 is 23.2 Å². The van der Waals surface area contributed by atoms with Crippen LogP contribution in [0.5, 0.6) is 5.75 Å². The molecule has 2 aliphatic rings. The molecular weight excluding hydrogens is 336 g/mol. The van der Waals surface area contributed by atoms with Gasteiger partial charge in [0.1, 0.15) is 18.1 Å². The highest BCUT2D eigenvalue weighted by atomic mass is 16.5. The summed E-state index contributed by atoms with van der Waals surface area (Å²) in [5, 5.41) is 6.67. The van der Waals surface area contributed by atoms with Gasteiger partial charge in [-0.3, -0.25) is 14.5 Å². The van der Waals surface area contributed by atoms with E-state index in [9.17, 15) is 9.59 Å². The number of nitrogens with one attached hydrogen (secondary N) is 2. The van der Waals surface area contributed by atoms with Crippen molar-refractivity contribution in [2.24, 2.45) is 5.10 Å². The van der Waals surface area contributed by atoms with Gasteiger partial charge in [-0.15, -0.1) is 0 Å². The molecule has 1 aromatic carbocycles. The Morgan fingerprint density at radius 3 is 2.88 bits per heavy atom. The first-order chi connectivity index (χ1) is 12.6. The Morgan fingerprint density at radius 1 is 1.35 bits per heavy atom. The SMILES string of the molecule is Cc1ccc(OCCN2CCOCC2)c(NC(=O)C2=NNC(=O)CC2)c1.